The molecule has 2 rings (SSSR count). The number of pyridine rings is 1. The summed E-state index contributed by atoms with van der Waals surface area (Å²) in [6.07, 6.45) is 7.09. The molecule has 118 valence electrons. The minimum atomic E-state index is -3.48. The second kappa shape index (κ2) is 7.67. The van der Waals surface area contributed by atoms with Crippen LogP contribution in [0.25, 0.3) is 0 Å². The molecule has 0 atom stereocenters. The highest BCUT2D eigenvalue weighted by molar-refractivity contribution is 9.10. The smallest absolute Gasteiger partial charge is 0.242 e. The molecule has 1 fully saturated rings. The van der Waals surface area contributed by atoms with E-state index >= 15 is 0 Å². The third kappa shape index (κ3) is 5.02. The molecule has 21 heavy (non-hydrogen) atoms. The van der Waals surface area contributed by atoms with E-state index in [1.165, 1.54) is 19.0 Å². The number of piperidine rings is 1. The lowest BCUT2D eigenvalue weighted by atomic mass is 10.1. The summed E-state index contributed by atoms with van der Waals surface area (Å²) in [5.74, 6) is 0. The van der Waals surface area contributed by atoms with Gasteiger partial charge < -0.3 is 4.90 Å². The maximum Gasteiger partial charge on any atom is 0.242 e. The van der Waals surface area contributed by atoms with Crippen molar-refractivity contribution in [2.75, 3.05) is 19.6 Å². The van der Waals surface area contributed by atoms with Crippen molar-refractivity contribution < 1.29 is 8.42 Å². The zero-order valence-electron chi connectivity index (χ0n) is 12.3. The fourth-order valence-electron chi connectivity index (χ4n) is 2.48. The molecule has 1 aliphatic heterocycles. The molecule has 2 heterocycles. The Balaban J connectivity index is 1.90. The van der Waals surface area contributed by atoms with Gasteiger partial charge in [0, 0.05) is 22.9 Å². The molecule has 0 aliphatic carbocycles. The number of unbranched alkanes of at least 4 members (excludes halogenated alkanes) is 1. The van der Waals surface area contributed by atoms with Crippen molar-refractivity contribution in [1.29, 1.82) is 0 Å². The highest BCUT2D eigenvalue weighted by atomic mass is 79.9. The minimum absolute atomic E-state index is 0.0202. The van der Waals surface area contributed by atoms with Crippen LogP contribution in [0.15, 0.2) is 27.8 Å². The summed E-state index contributed by atoms with van der Waals surface area (Å²) in [5, 5.41) is 0. The van der Waals surface area contributed by atoms with Crippen LogP contribution in [-0.4, -0.2) is 44.0 Å². The Morgan fingerprint density at radius 1 is 1.38 bits per heavy atom. The van der Waals surface area contributed by atoms with E-state index in [-0.39, 0.29) is 10.9 Å². The van der Waals surface area contributed by atoms with E-state index in [1.54, 1.807) is 12.3 Å². The van der Waals surface area contributed by atoms with Crippen LogP contribution in [0.1, 0.15) is 32.6 Å². The average molecular weight is 376 g/mol. The molecular weight excluding hydrogens is 354 g/mol. The topological polar surface area (TPSA) is 62.3 Å². The van der Waals surface area contributed by atoms with Crippen molar-refractivity contribution in [1.82, 2.24) is 14.6 Å². The number of hydrogen-bond donors (Lipinski definition) is 1. The van der Waals surface area contributed by atoms with Gasteiger partial charge in [-0.1, -0.05) is 13.3 Å². The summed E-state index contributed by atoms with van der Waals surface area (Å²) in [5.41, 5.74) is 0. The number of nitrogens with one attached hydrogen (secondary N) is 1. The number of nitrogens with zero attached hydrogens (tertiary/aromatic N) is 2. The fraction of sp³-hybridized carbons (Fsp3) is 0.643. The standard InChI is InChI=1S/C14H22BrN3O2S/c1-2-3-6-18-7-4-13(5-8-18)17-21(19,20)14-9-12(15)10-16-11-14/h9-11,13,17H,2-8H2,1H3. The van der Waals surface area contributed by atoms with E-state index in [1.807, 2.05) is 0 Å². The lowest BCUT2D eigenvalue weighted by Gasteiger charge is -2.32. The zero-order chi connectivity index (χ0) is 15.3. The normalized spacial score (nSPS) is 18.0. The summed E-state index contributed by atoms with van der Waals surface area (Å²) in [7, 11) is -3.48. The molecule has 0 amide bonds. The fourth-order valence-corrected chi connectivity index (χ4v) is 4.29. The molecule has 1 aromatic heterocycles. The zero-order valence-corrected chi connectivity index (χ0v) is 14.7. The molecule has 0 bridgehead atoms. The molecule has 0 spiro atoms. The molecular formula is C14H22BrN3O2S. The van der Waals surface area contributed by atoms with Gasteiger partial charge in [0.15, 0.2) is 0 Å². The van der Waals surface area contributed by atoms with Crippen molar-refractivity contribution >= 4 is 26.0 Å². The van der Waals surface area contributed by atoms with Crippen molar-refractivity contribution in [2.45, 2.75) is 43.5 Å². The number of rotatable bonds is 6. The van der Waals surface area contributed by atoms with Crippen LogP contribution >= 0.6 is 15.9 Å². The third-order valence-corrected chi connectivity index (χ3v) is 5.65. The maximum atomic E-state index is 12.3. The number of hydrogen-bond acceptors (Lipinski definition) is 4. The van der Waals surface area contributed by atoms with Gasteiger partial charge in [0.2, 0.25) is 10.0 Å². The second-order valence-electron chi connectivity index (χ2n) is 5.43. The quantitative estimate of drug-likeness (QED) is 0.828. The Bertz CT molecular complexity index is 557. The van der Waals surface area contributed by atoms with Gasteiger partial charge >= 0.3 is 0 Å². The number of sulfonamides is 1. The van der Waals surface area contributed by atoms with Crippen molar-refractivity contribution in [2.24, 2.45) is 0 Å². The summed E-state index contributed by atoms with van der Waals surface area (Å²) in [6, 6.07) is 1.60. The molecule has 0 radical (unpaired) electrons. The van der Waals surface area contributed by atoms with E-state index in [0.29, 0.717) is 4.47 Å². The Hall–Kier alpha value is -0.500. The van der Waals surface area contributed by atoms with Crippen molar-refractivity contribution in [3.05, 3.63) is 22.9 Å². The van der Waals surface area contributed by atoms with E-state index in [2.05, 4.69) is 37.5 Å². The number of halogens is 1. The average Bonchev–Trinajstić information content (AvgIpc) is 2.46. The molecule has 0 saturated carbocycles. The van der Waals surface area contributed by atoms with Crippen LogP contribution in [0.3, 0.4) is 0 Å². The SMILES string of the molecule is CCCCN1CCC(NS(=O)(=O)c2cncc(Br)c2)CC1. The Morgan fingerprint density at radius 2 is 2.10 bits per heavy atom. The largest absolute Gasteiger partial charge is 0.303 e. The van der Waals surface area contributed by atoms with Gasteiger partial charge in [0.1, 0.15) is 4.90 Å². The lowest BCUT2D eigenvalue weighted by Crippen LogP contribution is -2.44. The monoisotopic (exact) mass is 375 g/mol. The first kappa shape index (κ1) is 16.9. The molecule has 5 nitrogen and oxygen atoms in total. The molecule has 0 unspecified atom stereocenters. The highest BCUT2D eigenvalue weighted by Gasteiger charge is 2.24. The predicted octanol–water partition coefficient (Wildman–Crippen LogP) is 2.39. The summed E-state index contributed by atoms with van der Waals surface area (Å²) < 4.78 is 28.1. The molecule has 1 N–H and O–H groups in total. The first-order valence-corrected chi connectivity index (χ1v) is 9.64. The van der Waals surface area contributed by atoms with Gasteiger partial charge in [-0.3, -0.25) is 4.98 Å². The van der Waals surface area contributed by atoms with Crippen molar-refractivity contribution in [3.8, 4) is 0 Å². The first-order valence-electron chi connectivity index (χ1n) is 7.36. The predicted molar refractivity (Wildman–Crippen MR) is 86.6 cm³/mol. The maximum absolute atomic E-state index is 12.3. The molecule has 1 saturated heterocycles. The van der Waals surface area contributed by atoms with E-state index in [4.69, 9.17) is 0 Å². The van der Waals surface area contributed by atoms with Gasteiger partial charge in [-0.05, 0) is 60.9 Å². The lowest BCUT2D eigenvalue weighted by molar-refractivity contribution is 0.205. The third-order valence-electron chi connectivity index (χ3n) is 3.73. The summed E-state index contributed by atoms with van der Waals surface area (Å²) >= 11 is 3.25. The highest BCUT2D eigenvalue weighted by Crippen LogP contribution is 2.17. The second-order valence-corrected chi connectivity index (χ2v) is 8.06. The van der Waals surface area contributed by atoms with Crippen LogP contribution in [0.5, 0.6) is 0 Å². The van der Waals surface area contributed by atoms with Gasteiger partial charge in [-0.2, -0.15) is 0 Å². The Labute approximate surface area is 135 Å². The number of likely N-dealkylation sites (tertiary alicyclic amines) is 1. The minimum Gasteiger partial charge on any atom is -0.303 e. The Kier molecular flexibility index (Phi) is 6.16. The molecule has 1 aliphatic rings. The van der Waals surface area contributed by atoms with Gasteiger partial charge in [-0.25, -0.2) is 13.1 Å². The van der Waals surface area contributed by atoms with Crippen LogP contribution in [0.4, 0.5) is 0 Å². The summed E-state index contributed by atoms with van der Waals surface area (Å²) in [6.45, 7) is 5.23. The van der Waals surface area contributed by atoms with Crippen molar-refractivity contribution in [3.63, 3.8) is 0 Å². The Morgan fingerprint density at radius 3 is 2.71 bits per heavy atom. The van der Waals surface area contributed by atoms with E-state index in [9.17, 15) is 8.42 Å². The van der Waals surface area contributed by atoms with Crippen LogP contribution in [0, 0.1) is 0 Å². The van der Waals surface area contributed by atoms with Crippen LogP contribution in [-0.2, 0) is 10.0 Å². The number of aromatic nitrogens is 1. The van der Waals surface area contributed by atoms with E-state index < -0.39 is 10.0 Å². The first-order chi connectivity index (χ1) is 10.0. The van der Waals surface area contributed by atoms with Crippen LogP contribution < -0.4 is 4.72 Å². The van der Waals surface area contributed by atoms with Gasteiger partial charge in [-0.15, -0.1) is 0 Å². The molecule has 1 aromatic rings. The molecule has 7 heteroatoms. The van der Waals surface area contributed by atoms with Gasteiger partial charge in [0.25, 0.3) is 0 Å². The van der Waals surface area contributed by atoms with E-state index in [0.717, 1.165) is 32.5 Å². The molecule has 0 aromatic carbocycles. The summed E-state index contributed by atoms with van der Waals surface area (Å²) in [4.78, 5) is 6.54. The van der Waals surface area contributed by atoms with Gasteiger partial charge in [0.05, 0.1) is 0 Å². The van der Waals surface area contributed by atoms with Crippen LogP contribution in [0.2, 0.25) is 0 Å².